The van der Waals surface area contributed by atoms with E-state index < -0.39 is 9.84 Å². The molecule has 0 N–H and O–H groups in total. The van der Waals surface area contributed by atoms with Gasteiger partial charge >= 0.3 is 0 Å². The maximum atomic E-state index is 13.3. The molecule has 1 aliphatic rings. The zero-order chi connectivity index (χ0) is 24.0. The third-order valence-electron chi connectivity index (χ3n) is 5.77. The van der Waals surface area contributed by atoms with Crippen molar-refractivity contribution in [2.75, 3.05) is 56.3 Å². The Morgan fingerprint density at radius 2 is 1.89 bits per heavy atom. The number of carbonyl (C=O) groups excluding carboxylic acids is 1. The molecule has 190 valence electrons. The first-order chi connectivity index (χ1) is 16.5. The first-order valence-electron chi connectivity index (χ1n) is 11.3. The van der Waals surface area contributed by atoms with Gasteiger partial charge in [0.15, 0.2) is 15.0 Å². The van der Waals surface area contributed by atoms with E-state index in [0.717, 1.165) is 34.7 Å². The zero-order valence-electron chi connectivity index (χ0n) is 19.6. The number of rotatable bonds is 10. The van der Waals surface area contributed by atoms with Gasteiger partial charge < -0.3 is 4.74 Å². The molecule has 0 spiro atoms. The molecule has 0 radical (unpaired) electrons. The maximum Gasteiger partial charge on any atom is 0.228 e. The van der Waals surface area contributed by atoms with Gasteiger partial charge in [-0.1, -0.05) is 35.6 Å². The molecule has 0 atom stereocenters. The molecule has 11 heteroatoms. The van der Waals surface area contributed by atoms with Crippen molar-refractivity contribution in [3.8, 4) is 0 Å². The van der Waals surface area contributed by atoms with Crippen LogP contribution in [0, 0.1) is 0 Å². The van der Waals surface area contributed by atoms with Gasteiger partial charge in [0, 0.05) is 37.5 Å². The van der Waals surface area contributed by atoms with E-state index in [2.05, 4.69) is 4.90 Å². The summed E-state index contributed by atoms with van der Waals surface area (Å²) < 4.78 is 31.7. The number of para-hydroxylation sites is 1. The van der Waals surface area contributed by atoms with Crippen molar-refractivity contribution >= 4 is 66.6 Å². The largest absolute Gasteiger partial charge is 0.379 e. The van der Waals surface area contributed by atoms with E-state index >= 15 is 0 Å². The second kappa shape index (κ2) is 13.0. The Bertz CT molecular complexity index is 1220. The van der Waals surface area contributed by atoms with Gasteiger partial charge in [-0.3, -0.25) is 14.6 Å². The fourth-order valence-electron chi connectivity index (χ4n) is 3.88. The van der Waals surface area contributed by atoms with E-state index in [4.69, 9.17) is 9.72 Å². The fourth-order valence-corrected chi connectivity index (χ4v) is 6.87. The quantitative estimate of drug-likeness (QED) is 0.344. The molecule has 1 amide bonds. The predicted molar refractivity (Wildman–Crippen MR) is 146 cm³/mol. The molecule has 1 fully saturated rings. The summed E-state index contributed by atoms with van der Waals surface area (Å²) in [5.74, 6) is -0.155. The third kappa shape index (κ3) is 7.18. The number of morpholine rings is 1. The third-order valence-corrected chi connectivity index (χ3v) is 9.40. The molecule has 2 aromatic carbocycles. The highest BCUT2D eigenvalue weighted by Crippen LogP contribution is 2.34. The summed E-state index contributed by atoms with van der Waals surface area (Å²) in [4.78, 5) is 23.5. The van der Waals surface area contributed by atoms with Crippen molar-refractivity contribution in [3.63, 3.8) is 0 Å². The summed E-state index contributed by atoms with van der Waals surface area (Å²) in [6.07, 6.45) is 2.44. The van der Waals surface area contributed by atoms with E-state index in [9.17, 15) is 13.2 Å². The molecule has 1 aromatic heterocycles. The van der Waals surface area contributed by atoms with Crippen molar-refractivity contribution in [1.29, 1.82) is 0 Å². The van der Waals surface area contributed by atoms with Gasteiger partial charge in [0.25, 0.3) is 0 Å². The Balaban J connectivity index is 0.00000342. The van der Waals surface area contributed by atoms with Crippen molar-refractivity contribution in [2.24, 2.45) is 0 Å². The topological polar surface area (TPSA) is 79.8 Å². The molecule has 0 saturated carbocycles. The fraction of sp³-hybridized carbons (Fsp3) is 0.417. The zero-order valence-corrected chi connectivity index (χ0v) is 22.9. The lowest BCUT2D eigenvalue weighted by Gasteiger charge is -2.29. The summed E-state index contributed by atoms with van der Waals surface area (Å²) in [6.45, 7) is 4.32. The normalized spacial score (nSPS) is 14.5. The first kappa shape index (κ1) is 27.9. The van der Waals surface area contributed by atoms with Crippen LogP contribution in [0.5, 0.6) is 0 Å². The van der Waals surface area contributed by atoms with Gasteiger partial charge in [-0.15, -0.1) is 24.2 Å². The Morgan fingerprint density at radius 3 is 2.60 bits per heavy atom. The number of sulfone groups is 1. The van der Waals surface area contributed by atoms with Crippen LogP contribution in [0.25, 0.3) is 10.2 Å². The molecular weight excluding hydrogens is 526 g/mol. The van der Waals surface area contributed by atoms with E-state index in [1.54, 1.807) is 47.0 Å². The highest BCUT2D eigenvalue weighted by molar-refractivity contribution is 7.98. The minimum Gasteiger partial charge on any atom is -0.379 e. The van der Waals surface area contributed by atoms with Crippen LogP contribution in [0.2, 0.25) is 0 Å². The second-order valence-corrected chi connectivity index (χ2v) is 12.0. The number of benzene rings is 2. The summed E-state index contributed by atoms with van der Waals surface area (Å²) in [5.41, 5.74) is 0.908. The van der Waals surface area contributed by atoms with E-state index in [0.29, 0.717) is 29.8 Å². The average Bonchev–Trinajstić information content (AvgIpc) is 3.29. The van der Waals surface area contributed by atoms with Crippen LogP contribution in [0.4, 0.5) is 5.13 Å². The molecule has 3 aromatic rings. The van der Waals surface area contributed by atoms with Crippen LogP contribution in [0.3, 0.4) is 0 Å². The number of nitrogens with zero attached hydrogens (tertiary/aromatic N) is 3. The van der Waals surface area contributed by atoms with Gasteiger partial charge in [0.05, 0.1) is 34.1 Å². The van der Waals surface area contributed by atoms with Gasteiger partial charge in [-0.2, -0.15) is 0 Å². The van der Waals surface area contributed by atoms with Crippen LogP contribution < -0.4 is 4.90 Å². The summed E-state index contributed by atoms with van der Waals surface area (Å²) >= 11 is 3.14. The lowest BCUT2D eigenvalue weighted by atomic mass is 10.3. The number of aromatic nitrogens is 1. The number of hydrogen-bond acceptors (Lipinski definition) is 8. The van der Waals surface area contributed by atoms with Crippen LogP contribution in [0.15, 0.2) is 58.3 Å². The van der Waals surface area contributed by atoms with Crippen molar-refractivity contribution in [1.82, 2.24) is 9.88 Å². The average molecular weight is 556 g/mol. The van der Waals surface area contributed by atoms with Crippen molar-refractivity contribution in [2.45, 2.75) is 22.6 Å². The smallest absolute Gasteiger partial charge is 0.228 e. The molecule has 35 heavy (non-hydrogen) atoms. The Hall–Kier alpha value is -1.69. The van der Waals surface area contributed by atoms with Crippen LogP contribution in [0.1, 0.15) is 12.8 Å². The molecule has 1 aliphatic heterocycles. The number of thioether (sulfide) groups is 1. The minimum absolute atomic E-state index is 0. The summed E-state index contributed by atoms with van der Waals surface area (Å²) in [7, 11) is -3.41. The Morgan fingerprint density at radius 1 is 1.14 bits per heavy atom. The summed E-state index contributed by atoms with van der Waals surface area (Å²) in [5, 5.41) is 0.667. The SMILES string of the molecule is CSc1cccc2sc(N(CCN3CCOCC3)C(=O)CCCS(=O)(=O)c3ccccc3)nc12.Cl. The molecular formula is C24H30ClN3O4S3. The van der Waals surface area contributed by atoms with Crippen molar-refractivity contribution in [3.05, 3.63) is 48.5 Å². The van der Waals surface area contributed by atoms with Gasteiger partial charge in [-0.25, -0.2) is 13.4 Å². The lowest BCUT2D eigenvalue weighted by Crippen LogP contribution is -2.43. The second-order valence-electron chi connectivity index (χ2n) is 8.04. The summed E-state index contributed by atoms with van der Waals surface area (Å²) in [6, 6.07) is 14.5. The first-order valence-corrected chi connectivity index (χ1v) is 15.0. The molecule has 2 heterocycles. The van der Waals surface area contributed by atoms with Crippen molar-refractivity contribution < 1.29 is 17.9 Å². The molecule has 0 aliphatic carbocycles. The molecule has 7 nitrogen and oxygen atoms in total. The molecule has 0 bridgehead atoms. The molecule has 4 rings (SSSR count). The molecule has 0 unspecified atom stereocenters. The molecule has 1 saturated heterocycles. The van der Waals surface area contributed by atoms with Gasteiger partial charge in [-0.05, 0) is 36.9 Å². The number of hydrogen-bond donors (Lipinski definition) is 0. The number of halogens is 1. The lowest BCUT2D eigenvalue weighted by molar-refractivity contribution is -0.118. The van der Waals surface area contributed by atoms with Gasteiger partial charge in [0.2, 0.25) is 5.91 Å². The van der Waals surface area contributed by atoms with E-state index in [-0.39, 0.29) is 36.9 Å². The number of ether oxygens (including phenoxy) is 1. The van der Waals surface area contributed by atoms with Crippen LogP contribution in [-0.4, -0.2) is 75.6 Å². The highest BCUT2D eigenvalue weighted by Gasteiger charge is 2.23. The minimum atomic E-state index is -3.41. The van der Waals surface area contributed by atoms with Crippen LogP contribution >= 0.6 is 35.5 Å². The number of anilines is 1. The number of fused-ring (bicyclic) bond motifs is 1. The highest BCUT2D eigenvalue weighted by atomic mass is 35.5. The van der Waals surface area contributed by atoms with E-state index in [1.165, 1.54) is 11.3 Å². The van der Waals surface area contributed by atoms with Gasteiger partial charge in [0.1, 0.15) is 0 Å². The Kier molecular flexibility index (Phi) is 10.4. The van der Waals surface area contributed by atoms with Crippen LogP contribution in [-0.2, 0) is 19.4 Å². The number of thiazole rings is 1. The predicted octanol–water partition coefficient (Wildman–Crippen LogP) is 4.36. The Labute approximate surface area is 221 Å². The number of amides is 1. The monoisotopic (exact) mass is 555 g/mol. The van der Waals surface area contributed by atoms with E-state index in [1.807, 2.05) is 24.5 Å². The number of carbonyl (C=O) groups is 1. The standard InChI is InChI=1S/C24H29N3O4S3.ClH/c1-32-20-9-5-10-21-23(20)25-24(33-21)27(13-12-26-14-16-31-17-15-26)22(28)11-6-18-34(29,30)19-7-3-2-4-8-19;/h2-5,7-10H,6,11-18H2,1H3;1H. The maximum absolute atomic E-state index is 13.3.